The largest absolute Gasteiger partial charge is 0.468 e. The summed E-state index contributed by atoms with van der Waals surface area (Å²) in [6.45, 7) is 1.74. The third kappa shape index (κ3) is 5.25. The molecule has 0 saturated heterocycles. The first-order valence-corrected chi connectivity index (χ1v) is 10.8. The maximum Gasteiger partial charge on any atom is 0.323 e. The van der Waals surface area contributed by atoms with Gasteiger partial charge >= 0.3 is 11.9 Å². The number of esters is 2. The minimum atomic E-state index is -3.98. The van der Waals surface area contributed by atoms with E-state index in [1.165, 1.54) is 12.1 Å². The van der Waals surface area contributed by atoms with Crippen molar-refractivity contribution in [1.82, 2.24) is 0 Å². The standard InChI is InChI=1S/C22H26O6S/c1-4-5-15-22(20(23)27-2,21(24)28-3)16-19(14-13-17-11-12-17)29(25,26)18-9-7-6-8-10-18/h4-10,13,17H,11-12,15-16H2,1-3H3/b5-4+. The van der Waals surface area contributed by atoms with Crippen molar-refractivity contribution in [3.05, 3.63) is 59.2 Å². The molecular formula is C22H26O6S. The molecule has 0 amide bonds. The first kappa shape index (κ1) is 22.7. The van der Waals surface area contributed by atoms with Gasteiger partial charge in [0.25, 0.3) is 0 Å². The predicted molar refractivity (Wildman–Crippen MR) is 108 cm³/mol. The van der Waals surface area contributed by atoms with E-state index in [9.17, 15) is 18.0 Å². The molecule has 0 radical (unpaired) electrons. The fraction of sp³-hybridized carbons (Fsp3) is 0.409. The lowest BCUT2D eigenvalue weighted by atomic mass is 9.80. The van der Waals surface area contributed by atoms with Crippen molar-refractivity contribution in [3.8, 4) is 0 Å². The fourth-order valence-electron chi connectivity index (χ4n) is 2.89. The molecule has 0 heterocycles. The number of rotatable bonds is 9. The second kappa shape index (κ2) is 9.72. The van der Waals surface area contributed by atoms with Gasteiger partial charge in [0, 0.05) is 6.42 Å². The normalized spacial score (nSPS) is 14.2. The molecule has 29 heavy (non-hydrogen) atoms. The van der Waals surface area contributed by atoms with Crippen molar-refractivity contribution < 1.29 is 27.5 Å². The van der Waals surface area contributed by atoms with Crippen LogP contribution in [0.4, 0.5) is 0 Å². The lowest BCUT2D eigenvalue weighted by molar-refractivity contribution is -0.168. The number of benzene rings is 1. The van der Waals surface area contributed by atoms with E-state index < -0.39 is 33.6 Å². The Hall–Kier alpha value is -2.63. The van der Waals surface area contributed by atoms with Gasteiger partial charge in [-0.15, -0.1) is 5.73 Å². The molecule has 0 spiro atoms. The number of hydrogen-bond acceptors (Lipinski definition) is 6. The Morgan fingerprint density at radius 1 is 1.14 bits per heavy atom. The molecule has 0 unspecified atom stereocenters. The molecule has 0 atom stereocenters. The van der Waals surface area contributed by atoms with Crippen LogP contribution in [0, 0.1) is 11.3 Å². The van der Waals surface area contributed by atoms with Gasteiger partial charge in [-0.3, -0.25) is 9.59 Å². The average Bonchev–Trinajstić information content (AvgIpc) is 3.57. The zero-order valence-corrected chi connectivity index (χ0v) is 17.7. The molecule has 1 aliphatic carbocycles. The molecule has 0 aliphatic heterocycles. The number of hydrogen-bond donors (Lipinski definition) is 0. The van der Waals surface area contributed by atoms with Gasteiger partial charge in [-0.25, -0.2) is 8.42 Å². The highest BCUT2D eigenvalue weighted by Gasteiger charge is 2.49. The number of carbonyl (C=O) groups excluding carboxylic acids is 2. The van der Waals surface area contributed by atoms with Crippen molar-refractivity contribution in [2.45, 2.75) is 37.5 Å². The number of carbonyl (C=O) groups is 2. The molecular weight excluding hydrogens is 392 g/mol. The van der Waals surface area contributed by atoms with E-state index in [4.69, 9.17) is 9.47 Å². The summed E-state index contributed by atoms with van der Waals surface area (Å²) in [7, 11) is -1.66. The summed E-state index contributed by atoms with van der Waals surface area (Å²) in [5.41, 5.74) is 1.05. The van der Waals surface area contributed by atoms with Crippen LogP contribution < -0.4 is 0 Å². The van der Waals surface area contributed by atoms with Crippen molar-refractivity contribution in [1.29, 1.82) is 0 Å². The zero-order chi connectivity index (χ0) is 21.5. The fourth-order valence-corrected chi connectivity index (χ4v) is 4.35. The third-order valence-corrected chi connectivity index (χ3v) is 6.60. The smallest absolute Gasteiger partial charge is 0.323 e. The molecule has 0 bridgehead atoms. The molecule has 0 N–H and O–H groups in total. The van der Waals surface area contributed by atoms with Crippen LogP contribution in [-0.2, 0) is 28.9 Å². The van der Waals surface area contributed by atoms with Gasteiger partial charge < -0.3 is 9.47 Å². The molecule has 7 heteroatoms. The van der Waals surface area contributed by atoms with E-state index in [1.807, 2.05) is 0 Å². The number of ether oxygens (including phenoxy) is 2. The minimum absolute atomic E-state index is 0.0538. The SMILES string of the molecule is C/C=C/CC(CC(=C=CC1CC1)S(=O)(=O)c1ccccc1)(C(=O)OC)C(=O)OC. The van der Waals surface area contributed by atoms with Gasteiger partial charge in [-0.1, -0.05) is 30.4 Å². The second-order valence-corrected chi connectivity index (χ2v) is 8.87. The average molecular weight is 419 g/mol. The van der Waals surface area contributed by atoms with Crippen molar-refractivity contribution in [3.63, 3.8) is 0 Å². The van der Waals surface area contributed by atoms with Gasteiger partial charge in [0.15, 0.2) is 5.41 Å². The third-order valence-electron chi connectivity index (χ3n) is 4.80. The summed E-state index contributed by atoms with van der Waals surface area (Å²) >= 11 is 0. The van der Waals surface area contributed by atoms with E-state index in [0.717, 1.165) is 27.1 Å². The van der Waals surface area contributed by atoms with Crippen molar-refractivity contribution >= 4 is 21.8 Å². The van der Waals surface area contributed by atoms with Gasteiger partial charge in [0.1, 0.15) is 0 Å². The molecule has 1 fully saturated rings. The quantitative estimate of drug-likeness (QED) is 0.264. The maximum absolute atomic E-state index is 13.3. The van der Waals surface area contributed by atoms with Crippen LogP contribution in [0.15, 0.2) is 64.1 Å². The van der Waals surface area contributed by atoms with Crippen molar-refractivity contribution in [2.75, 3.05) is 14.2 Å². The Labute approximate surface area is 171 Å². The van der Waals surface area contributed by atoms with Gasteiger partial charge in [0.2, 0.25) is 9.84 Å². The van der Waals surface area contributed by atoms with Gasteiger partial charge in [-0.05, 0) is 50.3 Å². The van der Waals surface area contributed by atoms with Crippen LogP contribution in [0.5, 0.6) is 0 Å². The van der Waals surface area contributed by atoms with Crippen molar-refractivity contribution in [2.24, 2.45) is 11.3 Å². The van der Waals surface area contributed by atoms with Crippen LogP contribution >= 0.6 is 0 Å². The highest BCUT2D eigenvalue weighted by Crippen LogP contribution is 2.38. The summed E-state index contributed by atoms with van der Waals surface area (Å²) in [5.74, 6) is -1.44. The van der Waals surface area contributed by atoms with E-state index in [1.54, 1.807) is 43.4 Å². The highest BCUT2D eigenvalue weighted by molar-refractivity contribution is 7.95. The molecule has 1 aromatic carbocycles. The molecule has 156 valence electrons. The van der Waals surface area contributed by atoms with E-state index in [-0.39, 0.29) is 22.1 Å². The van der Waals surface area contributed by atoms with Crippen LogP contribution in [-0.4, -0.2) is 34.6 Å². The van der Waals surface area contributed by atoms with Gasteiger partial charge in [0.05, 0.1) is 24.0 Å². The summed E-state index contributed by atoms with van der Waals surface area (Å²) in [6.07, 6.45) is 6.46. The van der Waals surface area contributed by atoms with Crippen LogP contribution in [0.1, 0.15) is 32.6 Å². The van der Waals surface area contributed by atoms with Gasteiger partial charge in [-0.2, -0.15) is 0 Å². The zero-order valence-electron chi connectivity index (χ0n) is 16.9. The Bertz CT molecular complexity index is 917. The van der Waals surface area contributed by atoms with Crippen LogP contribution in [0.25, 0.3) is 0 Å². The summed E-state index contributed by atoms with van der Waals surface area (Å²) in [5, 5.41) is 0. The van der Waals surface area contributed by atoms with E-state index in [0.29, 0.717) is 0 Å². The number of allylic oxidation sites excluding steroid dienone is 3. The number of sulfone groups is 1. The van der Waals surface area contributed by atoms with Crippen LogP contribution in [0.2, 0.25) is 0 Å². The summed E-state index contributed by atoms with van der Waals surface area (Å²) < 4.78 is 36.3. The Morgan fingerprint density at radius 2 is 1.72 bits per heavy atom. The predicted octanol–water partition coefficient (Wildman–Crippen LogP) is 3.60. The Morgan fingerprint density at radius 3 is 2.21 bits per heavy atom. The molecule has 2 rings (SSSR count). The lowest BCUT2D eigenvalue weighted by Gasteiger charge is -2.27. The lowest BCUT2D eigenvalue weighted by Crippen LogP contribution is -2.42. The van der Waals surface area contributed by atoms with E-state index in [2.05, 4.69) is 5.73 Å². The summed E-state index contributed by atoms with van der Waals surface area (Å²) in [4.78, 5) is 25.3. The van der Waals surface area contributed by atoms with Crippen LogP contribution in [0.3, 0.4) is 0 Å². The molecule has 1 saturated carbocycles. The van der Waals surface area contributed by atoms with E-state index >= 15 is 0 Å². The minimum Gasteiger partial charge on any atom is -0.468 e. The summed E-state index contributed by atoms with van der Waals surface area (Å²) in [6, 6.07) is 7.88. The number of methoxy groups -OCH3 is 2. The monoisotopic (exact) mass is 418 g/mol. The highest BCUT2D eigenvalue weighted by atomic mass is 32.2. The first-order valence-electron chi connectivity index (χ1n) is 9.35. The topological polar surface area (TPSA) is 86.7 Å². The Balaban J connectivity index is 2.63. The molecule has 0 aromatic heterocycles. The first-order chi connectivity index (χ1) is 13.8. The maximum atomic E-state index is 13.3. The molecule has 6 nitrogen and oxygen atoms in total. The molecule has 1 aromatic rings. The Kier molecular flexibility index (Phi) is 7.59. The molecule has 1 aliphatic rings. The second-order valence-electron chi connectivity index (χ2n) is 6.90.